The lowest BCUT2D eigenvalue weighted by atomic mass is 9.49. The first kappa shape index (κ1) is 31.5. The van der Waals surface area contributed by atoms with Gasteiger partial charge in [0, 0.05) is 16.3 Å². The molecular formula is C43H33ClN2O5. The number of halogens is 1. The molecule has 0 spiro atoms. The number of likely N-dealkylation sites (tertiary alicyclic amines) is 1. The van der Waals surface area contributed by atoms with E-state index < -0.39 is 35.0 Å². The summed E-state index contributed by atoms with van der Waals surface area (Å²) in [7, 11) is 0. The van der Waals surface area contributed by atoms with E-state index in [1.54, 1.807) is 30.3 Å². The number of rotatable bonds is 5. The SMILES string of the molecule is O=C1[C@H]2[C@H](CC=C3[C@H]2C[C@H]2C(=O)N(c4cccc(Cl)c4)C(=O)[C@@]2(c2ccccc2)[C@H]3c2ccc(O)c3ccccc23)C(=O)N1Cc1ccccc1. The van der Waals surface area contributed by atoms with Crippen LogP contribution in [0, 0.1) is 23.7 Å². The van der Waals surface area contributed by atoms with Crippen LogP contribution in [-0.2, 0) is 31.1 Å². The first-order chi connectivity index (χ1) is 24.8. The summed E-state index contributed by atoms with van der Waals surface area (Å²) in [6.07, 6.45) is 2.62. The zero-order valence-corrected chi connectivity index (χ0v) is 28.2. The van der Waals surface area contributed by atoms with Crippen LogP contribution in [0.3, 0.4) is 0 Å². The van der Waals surface area contributed by atoms with Crippen molar-refractivity contribution in [3.8, 4) is 5.75 Å². The average Bonchev–Trinajstić information content (AvgIpc) is 3.53. The van der Waals surface area contributed by atoms with Gasteiger partial charge in [0.15, 0.2) is 0 Å². The minimum atomic E-state index is -1.40. The molecule has 8 heteroatoms. The maximum Gasteiger partial charge on any atom is 0.246 e. The molecule has 2 heterocycles. The molecule has 252 valence electrons. The molecular weight excluding hydrogens is 660 g/mol. The second-order valence-corrected chi connectivity index (χ2v) is 14.5. The number of amides is 4. The van der Waals surface area contributed by atoms with Crippen molar-refractivity contribution in [3.63, 3.8) is 0 Å². The van der Waals surface area contributed by atoms with E-state index in [-0.39, 0.29) is 42.3 Å². The normalized spacial score (nSPS) is 27.0. The smallest absolute Gasteiger partial charge is 0.246 e. The molecule has 2 aliphatic heterocycles. The number of hydrogen-bond acceptors (Lipinski definition) is 5. The summed E-state index contributed by atoms with van der Waals surface area (Å²) >= 11 is 6.43. The lowest BCUT2D eigenvalue weighted by molar-refractivity contribution is -0.141. The van der Waals surface area contributed by atoms with Crippen molar-refractivity contribution in [2.45, 2.75) is 30.7 Å². The topological polar surface area (TPSA) is 95.0 Å². The fourth-order valence-corrected chi connectivity index (χ4v) is 9.82. The van der Waals surface area contributed by atoms with Crippen molar-refractivity contribution in [3.05, 3.63) is 155 Å². The lowest BCUT2D eigenvalue weighted by Crippen LogP contribution is -2.53. The molecule has 5 aromatic carbocycles. The first-order valence-electron chi connectivity index (χ1n) is 17.3. The molecule has 5 aromatic rings. The lowest BCUT2D eigenvalue weighted by Gasteiger charge is -2.51. The highest BCUT2D eigenvalue weighted by Gasteiger charge is 2.70. The summed E-state index contributed by atoms with van der Waals surface area (Å²) < 4.78 is 0. The highest BCUT2D eigenvalue weighted by molar-refractivity contribution is 6.32. The van der Waals surface area contributed by atoms with Crippen molar-refractivity contribution in [2.75, 3.05) is 4.90 Å². The summed E-state index contributed by atoms with van der Waals surface area (Å²) in [5, 5.41) is 12.8. The number of aromatic hydroxyl groups is 1. The minimum absolute atomic E-state index is 0.104. The Morgan fingerprint density at radius 3 is 2.18 bits per heavy atom. The first-order valence-corrected chi connectivity index (χ1v) is 17.7. The van der Waals surface area contributed by atoms with E-state index in [1.165, 1.54) is 9.80 Å². The van der Waals surface area contributed by atoms with E-state index in [1.807, 2.05) is 91.0 Å². The third-order valence-corrected chi connectivity index (χ3v) is 11.9. The van der Waals surface area contributed by atoms with Crippen LogP contribution in [0.4, 0.5) is 5.69 Å². The quantitative estimate of drug-likeness (QED) is 0.152. The summed E-state index contributed by atoms with van der Waals surface area (Å²) in [4.78, 5) is 61.6. The monoisotopic (exact) mass is 692 g/mol. The number of carbonyl (C=O) groups is 4. The third kappa shape index (κ3) is 4.50. The van der Waals surface area contributed by atoms with E-state index >= 15 is 4.79 Å². The van der Waals surface area contributed by atoms with Crippen molar-refractivity contribution in [1.82, 2.24) is 4.90 Å². The largest absolute Gasteiger partial charge is 0.507 e. The molecule has 1 N–H and O–H groups in total. The maximum atomic E-state index is 15.5. The van der Waals surface area contributed by atoms with Crippen LogP contribution in [0.1, 0.15) is 35.4 Å². The van der Waals surface area contributed by atoms with Gasteiger partial charge in [0.2, 0.25) is 23.6 Å². The fraction of sp³-hybridized carbons (Fsp3) is 0.209. The van der Waals surface area contributed by atoms with E-state index in [0.29, 0.717) is 28.1 Å². The van der Waals surface area contributed by atoms with E-state index in [0.717, 1.165) is 22.1 Å². The summed E-state index contributed by atoms with van der Waals surface area (Å²) in [6.45, 7) is 0.178. The molecule has 2 saturated heterocycles. The van der Waals surface area contributed by atoms with Gasteiger partial charge < -0.3 is 5.11 Å². The van der Waals surface area contributed by atoms with Gasteiger partial charge in [-0.05, 0) is 65.1 Å². The summed E-state index contributed by atoms with van der Waals surface area (Å²) in [5.74, 6) is -4.34. The van der Waals surface area contributed by atoms with Crippen LogP contribution in [0.5, 0.6) is 5.75 Å². The molecule has 0 aromatic heterocycles. The Bertz CT molecular complexity index is 2310. The average molecular weight is 693 g/mol. The second kappa shape index (κ2) is 11.8. The van der Waals surface area contributed by atoms with Gasteiger partial charge in [0.25, 0.3) is 0 Å². The molecule has 0 bridgehead atoms. The predicted octanol–water partition coefficient (Wildman–Crippen LogP) is 7.56. The van der Waals surface area contributed by atoms with Crippen molar-refractivity contribution >= 4 is 51.7 Å². The van der Waals surface area contributed by atoms with Gasteiger partial charge in [-0.3, -0.25) is 24.1 Å². The second-order valence-electron chi connectivity index (χ2n) is 14.1. The number of nitrogens with zero attached hydrogens (tertiary/aromatic N) is 2. The van der Waals surface area contributed by atoms with Gasteiger partial charge in [0.05, 0.1) is 35.4 Å². The van der Waals surface area contributed by atoms with E-state index in [9.17, 15) is 19.5 Å². The molecule has 1 saturated carbocycles. The zero-order valence-electron chi connectivity index (χ0n) is 27.5. The number of phenols is 1. The zero-order chi connectivity index (χ0) is 35.0. The Labute approximate surface area is 299 Å². The highest BCUT2D eigenvalue weighted by atomic mass is 35.5. The Morgan fingerprint density at radius 1 is 0.725 bits per heavy atom. The number of allylic oxidation sites excluding steroid dienone is 2. The van der Waals surface area contributed by atoms with Gasteiger partial charge in [-0.2, -0.15) is 0 Å². The highest BCUT2D eigenvalue weighted by Crippen LogP contribution is 2.65. The van der Waals surface area contributed by atoms with Crippen LogP contribution in [0.2, 0.25) is 5.02 Å². The molecule has 6 atom stereocenters. The van der Waals surface area contributed by atoms with Gasteiger partial charge in [-0.25, -0.2) is 4.90 Å². The van der Waals surface area contributed by atoms with E-state index in [4.69, 9.17) is 11.6 Å². The molecule has 4 aliphatic rings. The molecule has 9 rings (SSSR count). The Morgan fingerprint density at radius 2 is 1.43 bits per heavy atom. The molecule has 51 heavy (non-hydrogen) atoms. The number of imide groups is 2. The van der Waals surface area contributed by atoms with Crippen molar-refractivity contribution < 1.29 is 24.3 Å². The van der Waals surface area contributed by atoms with Crippen molar-refractivity contribution in [2.24, 2.45) is 23.7 Å². The Kier molecular flexibility index (Phi) is 7.26. The van der Waals surface area contributed by atoms with Crippen LogP contribution < -0.4 is 4.90 Å². The number of fused-ring (bicyclic) bond motifs is 5. The molecule has 0 radical (unpaired) electrons. The van der Waals surface area contributed by atoms with Crippen LogP contribution in [0.25, 0.3) is 10.8 Å². The Balaban J connectivity index is 1.28. The molecule has 4 amide bonds. The van der Waals surface area contributed by atoms with Crippen molar-refractivity contribution in [1.29, 1.82) is 0 Å². The standard InChI is InChI=1S/C43H33ClN2O5/c44-27-14-9-15-28(22-27)46-40(49)35-23-34-32(18-19-33-37(34)41(50)45(39(33)48)24-25-10-3-1-4-11-25)38(43(35,42(46)51)26-12-5-2-6-13-26)31-20-21-36(47)30-17-8-7-16-29(30)31/h1-18,20-22,33-35,37-38,47H,19,23-24H2/t33-,34+,35-,37-,38-,43+/m0/s1. The number of benzene rings is 5. The fourth-order valence-electron chi connectivity index (χ4n) is 9.63. The molecule has 7 nitrogen and oxygen atoms in total. The third-order valence-electron chi connectivity index (χ3n) is 11.7. The van der Waals surface area contributed by atoms with Gasteiger partial charge in [-0.1, -0.05) is 120 Å². The summed E-state index contributed by atoms with van der Waals surface area (Å²) in [5.41, 5.74) is 2.20. The van der Waals surface area contributed by atoms with E-state index in [2.05, 4.69) is 6.08 Å². The molecule has 0 unspecified atom stereocenters. The van der Waals surface area contributed by atoms with Crippen LogP contribution in [0.15, 0.2) is 133 Å². The number of hydrogen-bond donors (Lipinski definition) is 1. The van der Waals surface area contributed by atoms with Gasteiger partial charge in [0.1, 0.15) is 5.75 Å². The maximum absolute atomic E-state index is 15.5. The molecule has 2 aliphatic carbocycles. The van der Waals surface area contributed by atoms with Crippen LogP contribution >= 0.6 is 11.6 Å². The van der Waals surface area contributed by atoms with Gasteiger partial charge in [-0.15, -0.1) is 0 Å². The number of anilines is 1. The summed E-state index contributed by atoms with van der Waals surface area (Å²) in [6, 6.07) is 36.7. The molecule has 3 fully saturated rings. The van der Waals surface area contributed by atoms with Crippen LogP contribution in [-0.4, -0.2) is 33.6 Å². The Hall–Kier alpha value is -5.53. The predicted molar refractivity (Wildman–Crippen MR) is 194 cm³/mol. The number of phenolic OH excluding ortho intramolecular Hbond substituents is 1. The van der Waals surface area contributed by atoms with Gasteiger partial charge >= 0.3 is 0 Å². The number of carbonyl (C=O) groups excluding carboxylic acids is 4. The minimum Gasteiger partial charge on any atom is -0.507 e.